The van der Waals surface area contributed by atoms with Gasteiger partial charge in [0.1, 0.15) is 23.9 Å². The SMILES string of the molecule is Fc1cc(OCCN2CCCC2)cc(-c2nccc3[nH]c(-c4n[nH]c5ccc(C6CCNCC6)cc45)cc23)c1. The molecule has 8 heteroatoms. The summed E-state index contributed by atoms with van der Waals surface area (Å²) in [7, 11) is 0. The Balaban J connectivity index is 1.20. The fourth-order valence-corrected chi connectivity index (χ4v) is 6.14. The largest absolute Gasteiger partial charge is 0.492 e. The molecule has 0 radical (unpaired) electrons. The molecule has 7 rings (SSSR count). The zero-order valence-corrected chi connectivity index (χ0v) is 22.0. The van der Waals surface area contributed by atoms with Gasteiger partial charge in [0.2, 0.25) is 0 Å². The number of fused-ring (bicyclic) bond motifs is 2. The average molecular weight is 525 g/mol. The molecule has 5 aromatic rings. The van der Waals surface area contributed by atoms with Crippen LogP contribution in [0.3, 0.4) is 0 Å². The number of hydrogen-bond acceptors (Lipinski definition) is 5. The van der Waals surface area contributed by atoms with Gasteiger partial charge in [-0.15, -0.1) is 0 Å². The number of H-pyrrole nitrogens is 2. The number of rotatable bonds is 7. The third-order valence-electron chi connectivity index (χ3n) is 8.22. The van der Waals surface area contributed by atoms with Crippen LogP contribution in [-0.4, -0.2) is 64.4 Å². The number of likely N-dealkylation sites (tertiary alicyclic amines) is 1. The summed E-state index contributed by atoms with van der Waals surface area (Å²) in [5.74, 6) is 0.765. The molecule has 2 fully saturated rings. The monoisotopic (exact) mass is 524 g/mol. The highest BCUT2D eigenvalue weighted by Gasteiger charge is 2.19. The molecule has 200 valence electrons. The Morgan fingerprint density at radius 2 is 1.77 bits per heavy atom. The predicted molar refractivity (Wildman–Crippen MR) is 153 cm³/mol. The molecule has 0 aliphatic carbocycles. The smallest absolute Gasteiger partial charge is 0.127 e. The van der Waals surface area contributed by atoms with E-state index in [-0.39, 0.29) is 5.82 Å². The minimum atomic E-state index is -0.332. The summed E-state index contributed by atoms with van der Waals surface area (Å²) < 4.78 is 20.7. The third kappa shape index (κ3) is 4.90. The second kappa shape index (κ2) is 10.4. The second-order valence-electron chi connectivity index (χ2n) is 10.8. The van der Waals surface area contributed by atoms with Gasteiger partial charge in [0.15, 0.2) is 0 Å². The van der Waals surface area contributed by atoms with Crippen molar-refractivity contribution in [3.05, 3.63) is 66.1 Å². The molecule has 39 heavy (non-hydrogen) atoms. The Morgan fingerprint density at radius 3 is 2.64 bits per heavy atom. The number of benzene rings is 2. The van der Waals surface area contributed by atoms with E-state index in [4.69, 9.17) is 4.74 Å². The van der Waals surface area contributed by atoms with Gasteiger partial charge in [0.25, 0.3) is 0 Å². The molecule has 0 spiro atoms. The zero-order chi connectivity index (χ0) is 26.2. The first-order valence-electron chi connectivity index (χ1n) is 14.0. The quantitative estimate of drug-likeness (QED) is 0.249. The van der Waals surface area contributed by atoms with E-state index in [1.165, 1.54) is 30.5 Å². The number of halogens is 1. The summed E-state index contributed by atoms with van der Waals surface area (Å²) in [6.07, 6.45) is 6.54. The highest BCUT2D eigenvalue weighted by Crippen LogP contribution is 2.36. The third-order valence-corrected chi connectivity index (χ3v) is 8.22. The molecule has 2 saturated heterocycles. The van der Waals surface area contributed by atoms with Crippen molar-refractivity contribution in [3.63, 3.8) is 0 Å². The Morgan fingerprint density at radius 1 is 0.923 bits per heavy atom. The fourth-order valence-electron chi connectivity index (χ4n) is 6.14. The van der Waals surface area contributed by atoms with E-state index in [1.807, 2.05) is 12.1 Å². The lowest BCUT2D eigenvalue weighted by Gasteiger charge is -2.23. The first-order chi connectivity index (χ1) is 19.2. The molecular formula is C31H33FN6O. The lowest BCUT2D eigenvalue weighted by Crippen LogP contribution is -2.26. The van der Waals surface area contributed by atoms with E-state index in [0.717, 1.165) is 78.8 Å². The molecular weight excluding hydrogens is 491 g/mol. The van der Waals surface area contributed by atoms with Gasteiger partial charge in [0.05, 0.1) is 16.9 Å². The van der Waals surface area contributed by atoms with Crippen molar-refractivity contribution >= 4 is 21.8 Å². The Hall–Kier alpha value is -3.75. The molecule has 0 unspecified atom stereocenters. The normalized spacial score (nSPS) is 16.9. The van der Waals surface area contributed by atoms with Gasteiger partial charge < -0.3 is 15.0 Å². The summed E-state index contributed by atoms with van der Waals surface area (Å²) in [5, 5.41) is 13.3. The van der Waals surface area contributed by atoms with Crippen molar-refractivity contribution in [2.24, 2.45) is 0 Å². The Labute approximate surface area is 226 Å². The lowest BCUT2D eigenvalue weighted by molar-refractivity contribution is 0.237. The van der Waals surface area contributed by atoms with Crippen LogP contribution >= 0.6 is 0 Å². The van der Waals surface area contributed by atoms with Crippen molar-refractivity contribution in [1.82, 2.24) is 30.4 Å². The molecule has 0 atom stereocenters. The summed E-state index contributed by atoms with van der Waals surface area (Å²) in [4.78, 5) is 10.6. The van der Waals surface area contributed by atoms with Crippen LogP contribution in [0, 0.1) is 5.82 Å². The maximum absolute atomic E-state index is 14.7. The topological polar surface area (TPSA) is 81.9 Å². The van der Waals surface area contributed by atoms with Gasteiger partial charge >= 0.3 is 0 Å². The van der Waals surface area contributed by atoms with Crippen LogP contribution in [-0.2, 0) is 0 Å². The summed E-state index contributed by atoms with van der Waals surface area (Å²) >= 11 is 0. The van der Waals surface area contributed by atoms with Gasteiger partial charge in [-0.2, -0.15) is 5.10 Å². The van der Waals surface area contributed by atoms with Gasteiger partial charge in [-0.05, 0) is 99.7 Å². The Bertz CT molecular complexity index is 1610. The minimum absolute atomic E-state index is 0.332. The standard InChI is InChI=1S/C31H33FN6O/c32-23-15-22(16-24(18-23)39-14-13-38-11-1-2-12-38)30-26-19-29(35-27(26)7-10-34-30)31-25-17-21(3-4-28(25)36-37-31)20-5-8-33-9-6-20/h3-4,7,10,15-20,33,35H,1-2,5-6,8-9,11-14H2,(H,36,37). The number of piperidine rings is 1. The van der Waals surface area contributed by atoms with Crippen molar-refractivity contribution < 1.29 is 9.13 Å². The number of nitrogens with zero attached hydrogens (tertiary/aromatic N) is 3. The van der Waals surface area contributed by atoms with Gasteiger partial charge in [-0.3, -0.25) is 15.0 Å². The molecule has 2 aliphatic rings. The van der Waals surface area contributed by atoms with Crippen LogP contribution in [0.1, 0.15) is 37.2 Å². The molecule has 0 saturated carbocycles. The molecule has 7 nitrogen and oxygen atoms in total. The molecule has 3 N–H and O–H groups in total. The van der Waals surface area contributed by atoms with E-state index in [9.17, 15) is 4.39 Å². The van der Waals surface area contributed by atoms with Gasteiger partial charge in [0, 0.05) is 40.7 Å². The first kappa shape index (κ1) is 24.3. The van der Waals surface area contributed by atoms with E-state index in [2.05, 4.69) is 54.6 Å². The molecule has 0 bridgehead atoms. The van der Waals surface area contributed by atoms with Crippen LogP contribution in [0.15, 0.2) is 54.7 Å². The average Bonchev–Trinajstić information content (AvgIpc) is 3.72. The highest BCUT2D eigenvalue weighted by molar-refractivity contribution is 6.00. The summed E-state index contributed by atoms with van der Waals surface area (Å²) in [5.41, 5.74) is 6.51. The van der Waals surface area contributed by atoms with Crippen LogP contribution in [0.5, 0.6) is 5.75 Å². The fraction of sp³-hybridized carbons (Fsp3) is 0.355. The molecule has 0 amide bonds. The Kier molecular flexibility index (Phi) is 6.50. The van der Waals surface area contributed by atoms with Crippen molar-refractivity contribution in [2.75, 3.05) is 39.3 Å². The van der Waals surface area contributed by atoms with Crippen LogP contribution in [0.25, 0.3) is 44.5 Å². The number of ether oxygens (including phenoxy) is 1. The molecule has 5 heterocycles. The number of nitrogens with one attached hydrogen (secondary N) is 3. The lowest BCUT2D eigenvalue weighted by atomic mass is 9.89. The van der Waals surface area contributed by atoms with E-state index >= 15 is 0 Å². The van der Waals surface area contributed by atoms with Gasteiger partial charge in [-0.1, -0.05) is 6.07 Å². The van der Waals surface area contributed by atoms with E-state index < -0.39 is 0 Å². The number of aromatic amines is 2. The molecule has 2 aromatic carbocycles. The van der Waals surface area contributed by atoms with E-state index in [0.29, 0.717) is 29.5 Å². The maximum Gasteiger partial charge on any atom is 0.127 e. The number of hydrogen-bond donors (Lipinski definition) is 3. The predicted octanol–water partition coefficient (Wildman–Crippen LogP) is 5.85. The molecule has 3 aromatic heterocycles. The van der Waals surface area contributed by atoms with E-state index in [1.54, 1.807) is 6.20 Å². The zero-order valence-electron chi connectivity index (χ0n) is 22.0. The van der Waals surface area contributed by atoms with Crippen molar-refractivity contribution in [2.45, 2.75) is 31.6 Å². The summed E-state index contributed by atoms with van der Waals surface area (Å²) in [6, 6.07) is 15.5. The minimum Gasteiger partial charge on any atom is -0.492 e. The van der Waals surface area contributed by atoms with Gasteiger partial charge in [-0.25, -0.2) is 4.39 Å². The maximum atomic E-state index is 14.7. The number of pyridine rings is 1. The molecule has 2 aliphatic heterocycles. The van der Waals surface area contributed by atoms with Crippen molar-refractivity contribution in [3.8, 4) is 28.4 Å². The van der Waals surface area contributed by atoms with Crippen LogP contribution in [0.4, 0.5) is 4.39 Å². The second-order valence-corrected chi connectivity index (χ2v) is 10.8. The van der Waals surface area contributed by atoms with Crippen LogP contribution in [0.2, 0.25) is 0 Å². The first-order valence-corrected chi connectivity index (χ1v) is 14.0. The number of aromatic nitrogens is 4. The summed E-state index contributed by atoms with van der Waals surface area (Å²) in [6.45, 7) is 5.75. The van der Waals surface area contributed by atoms with Crippen LogP contribution < -0.4 is 10.1 Å². The highest BCUT2D eigenvalue weighted by atomic mass is 19.1. The van der Waals surface area contributed by atoms with Crippen molar-refractivity contribution in [1.29, 1.82) is 0 Å².